The minimum absolute atomic E-state index is 0.0184. The molecule has 0 aromatic carbocycles. The van der Waals surface area contributed by atoms with Crippen LogP contribution in [0.5, 0.6) is 0 Å². The van der Waals surface area contributed by atoms with Crippen molar-refractivity contribution < 1.29 is 8.42 Å². The Hall–Kier alpha value is -1.02. The number of hydrogen-bond acceptors (Lipinski definition) is 5. The molecule has 0 bridgehead atoms. The maximum atomic E-state index is 13.0. The Balaban J connectivity index is 1.94. The molecule has 2 N–H and O–H groups in total. The predicted octanol–water partition coefficient (Wildman–Crippen LogP) is 0.398. The van der Waals surface area contributed by atoms with Gasteiger partial charge in [0.05, 0.1) is 5.69 Å². The van der Waals surface area contributed by atoms with Crippen LogP contribution in [0.25, 0.3) is 0 Å². The Morgan fingerprint density at radius 1 is 1.43 bits per heavy atom. The lowest BCUT2D eigenvalue weighted by atomic mass is 10.1. The van der Waals surface area contributed by atoms with Gasteiger partial charge in [-0.15, -0.1) is 0 Å². The van der Waals surface area contributed by atoms with Crippen LogP contribution in [0, 0.1) is 0 Å². The van der Waals surface area contributed by atoms with Crippen molar-refractivity contribution >= 4 is 10.0 Å². The number of fused-ring (bicyclic) bond motifs is 1. The van der Waals surface area contributed by atoms with Gasteiger partial charge in [0, 0.05) is 37.9 Å². The molecule has 0 spiro atoms. The van der Waals surface area contributed by atoms with E-state index in [2.05, 4.69) is 9.88 Å². The van der Waals surface area contributed by atoms with Gasteiger partial charge in [-0.2, -0.15) is 4.31 Å². The largest absolute Gasteiger partial charge is 0.325 e. The molecule has 0 aliphatic carbocycles. The lowest BCUT2D eigenvalue weighted by Gasteiger charge is -2.41. The number of nitrogens with zero attached hydrogens (tertiary/aromatic N) is 3. The highest BCUT2D eigenvalue weighted by Crippen LogP contribution is 2.29. The van der Waals surface area contributed by atoms with Gasteiger partial charge in [-0.3, -0.25) is 9.88 Å². The molecular formula is C14H22N4O2S. The maximum absolute atomic E-state index is 13.0. The van der Waals surface area contributed by atoms with Crippen LogP contribution < -0.4 is 5.73 Å². The SMILES string of the molecule is CC1CN2CCCC2CN1S(=O)(=O)c1cccnc1CN. The smallest absolute Gasteiger partial charge is 0.245 e. The number of aromatic nitrogens is 1. The van der Waals surface area contributed by atoms with Crippen LogP contribution in [0.1, 0.15) is 25.5 Å². The van der Waals surface area contributed by atoms with E-state index in [0.717, 1.165) is 25.9 Å². The summed E-state index contributed by atoms with van der Waals surface area (Å²) in [4.78, 5) is 6.77. The van der Waals surface area contributed by atoms with Crippen LogP contribution in [0.2, 0.25) is 0 Å². The molecule has 3 rings (SSSR count). The van der Waals surface area contributed by atoms with E-state index in [9.17, 15) is 8.42 Å². The van der Waals surface area contributed by atoms with Crippen molar-refractivity contribution in [2.75, 3.05) is 19.6 Å². The van der Waals surface area contributed by atoms with Gasteiger partial charge in [-0.25, -0.2) is 8.42 Å². The zero-order valence-corrected chi connectivity index (χ0v) is 13.1. The number of sulfonamides is 1. The Kier molecular flexibility index (Phi) is 4.00. The highest BCUT2D eigenvalue weighted by atomic mass is 32.2. The fourth-order valence-corrected chi connectivity index (χ4v) is 5.28. The van der Waals surface area contributed by atoms with Crippen molar-refractivity contribution in [1.29, 1.82) is 0 Å². The summed E-state index contributed by atoms with van der Waals surface area (Å²) in [5.74, 6) is 0. The third-order valence-corrected chi connectivity index (χ3v) is 6.56. The summed E-state index contributed by atoms with van der Waals surface area (Å²) in [5, 5.41) is 0. The average molecular weight is 310 g/mol. The molecule has 3 heterocycles. The van der Waals surface area contributed by atoms with E-state index in [0.29, 0.717) is 18.3 Å². The Bertz CT molecular complexity index is 619. The van der Waals surface area contributed by atoms with E-state index < -0.39 is 10.0 Å². The van der Waals surface area contributed by atoms with Crippen molar-refractivity contribution in [3.05, 3.63) is 24.0 Å². The van der Waals surface area contributed by atoms with Gasteiger partial charge in [-0.05, 0) is 38.4 Å². The summed E-state index contributed by atoms with van der Waals surface area (Å²) < 4.78 is 27.6. The number of piperazine rings is 1. The van der Waals surface area contributed by atoms with Gasteiger partial charge in [0.15, 0.2) is 0 Å². The molecule has 2 aliphatic heterocycles. The first-order valence-corrected chi connectivity index (χ1v) is 8.88. The molecule has 2 saturated heterocycles. The van der Waals surface area contributed by atoms with E-state index in [-0.39, 0.29) is 17.5 Å². The molecule has 6 nitrogen and oxygen atoms in total. The van der Waals surface area contributed by atoms with Gasteiger partial charge < -0.3 is 5.73 Å². The Morgan fingerprint density at radius 3 is 3.00 bits per heavy atom. The van der Waals surface area contributed by atoms with Crippen LogP contribution in [0.3, 0.4) is 0 Å². The lowest BCUT2D eigenvalue weighted by Crippen LogP contribution is -2.56. The van der Waals surface area contributed by atoms with Gasteiger partial charge in [0.1, 0.15) is 4.90 Å². The molecule has 2 fully saturated rings. The number of hydrogen-bond donors (Lipinski definition) is 1. The molecule has 2 aliphatic rings. The summed E-state index contributed by atoms with van der Waals surface area (Å²) in [7, 11) is -3.53. The van der Waals surface area contributed by atoms with Crippen molar-refractivity contribution in [1.82, 2.24) is 14.2 Å². The zero-order valence-electron chi connectivity index (χ0n) is 12.3. The fraction of sp³-hybridized carbons (Fsp3) is 0.643. The van der Waals surface area contributed by atoms with Gasteiger partial charge in [0.2, 0.25) is 10.0 Å². The van der Waals surface area contributed by atoms with Crippen LogP contribution >= 0.6 is 0 Å². The topological polar surface area (TPSA) is 79.5 Å². The summed E-state index contributed by atoms with van der Waals surface area (Å²) in [6.07, 6.45) is 3.82. The molecule has 1 aromatic heterocycles. The molecule has 1 aromatic rings. The second-order valence-corrected chi connectivity index (χ2v) is 7.73. The maximum Gasteiger partial charge on any atom is 0.245 e. The quantitative estimate of drug-likeness (QED) is 0.874. The van der Waals surface area contributed by atoms with Gasteiger partial charge in [-0.1, -0.05) is 0 Å². The minimum Gasteiger partial charge on any atom is -0.325 e. The third kappa shape index (κ3) is 2.59. The van der Waals surface area contributed by atoms with Crippen molar-refractivity contribution in [3.8, 4) is 0 Å². The first-order valence-electron chi connectivity index (χ1n) is 7.44. The minimum atomic E-state index is -3.53. The molecule has 7 heteroatoms. The zero-order chi connectivity index (χ0) is 15.0. The van der Waals surface area contributed by atoms with E-state index in [4.69, 9.17) is 5.73 Å². The average Bonchev–Trinajstić information content (AvgIpc) is 2.93. The summed E-state index contributed by atoms with van der Waals surface area (Å²) in [6.45, 7) is 4.58. The normalized spacial score (nSPS) is 27.7. The van der Waals surface area contributed by atoms with E-state index in [1.54, 1.807) is 22.6 Å². The number of rotatable bonds is 3. The summed E-state index contributed by atoms with van der Waals surface area (Å²) in [5.41, 5.74) is 6.09. The third-order valence-electron chi connectivity index (χ3n) is 4.51. The van der Waals surface area contributed by atoms with Gasteiger partial charge in [0.25, 0.3) is 0 Å². The molecule has 0 amide bonds. The van der Waals surface area contributed by atoms with Gasteiger partial charge >= 0.3 is 0 Å². The highest BCUT2D eigenvalue weighted by Gasteiger charge is 2.40. The molecule has 0 radical (unpaired) electrons. The first kappa shape index (κ1) is 14.9. The van der Waals surface area contributed by atoms with Crippen LogP contribution in [-0.4, -0.2) is 54.3 Å². The lowest BCUT2D eigenvalue weighted by molar-refractivity contribution is 0.117. The van der Waals surface area contributed by atoms with E-state index >= 15 is 0 Å². The molecule has 116 valence electrons. The second kappa shape index (κ2) is 5.64. The van der Waals surface area contributed by atoms with Crippen molar-refractivity contribution in [3.63, 3.8) is 0 Å². The number of nitrogens with two attached hydrogens (primary N) is 1. The highest BCUT2D eigenvalue weighted by molar-refractivity contribution is 7.89. The molecule has 2 unspecified atom stereocenters. The molecule has 2 atom stereocenters. The van der Waals surface area contributed by atoms with Crippen LogP contribution in [-0.2, 0) is 16.6 Å². The van der Waals surface area contributed by atoms with E-state index in [1.165, 1.54) is 0 Å². The number of pyridine rings is 1. The molecular weight excluding hydrogens is 288 g/mol. The molecule has 21 heavy (non-hydrogen) atoms. The second-order valence-electron chi connectivity index (χ2n) is 5.87. The Morgan fingerprint density at radius 2 is 2.24 bits per heavy atom. The summed E-state index contributed by atoms with van der Waals surface area (Å²) in [6, 6.07) is 3.60. The molecule has 0 saturated carbocycles. The monoisotopic (exact) mass is 310 g/mol. The fourth-order valence-electron chi connectivity index (χ4n) is 3.43. The summed E-state index contributed by atoms with van der Waals surface area (Å²) >= 11 is 0. The standard InChI is InChI=1S/C14H22N4O2S/c1-11-9-17-7-3-4-12(17)10-18(11)21(19,20)14-5-2-6-16-13(14)8-15/h2,5-6,11-12H,3-4,7-10,15H2,1H3. The van der Waals surface area contributed by atoms with Crippen LogP contribution in [0.15, 0.2) is 23.2 Å². The van der Waals surface area contributed by atoms with Crippen molar-refractivity contribution in [2.24, 2.45) is 5.73 Å². The van der Waals surface area contributed by atoms with Crippen LogP contribution in [0.4, 0.5) is 0 Å². The van der Waals surface area contributed by atoms with E-state index in [1.807, 2.05) is 6.92 Å². The first-order chi connectivity index (χ1) is 10.0. The Labute approximate surface area is 126 Å². The van der Waals surface area contributed by atoms with Crippen molar-refractivity contribution in [2.45, 2.75) is 43.3 Å². The predicted molar refractivity (Wildman–Crippen MR) is 80.1 cm³/mol.